The third-order valence-electron chi connectivity index (χ3n) is 3.75. The Morgan fingerprint density at radius 3 is 2.89 bits per heavy atom. The normalized spacial score (nSPS) is 20.3. The monoisotopic (exact) mass is 341 g/mol. The van der Waals surface area contributed by atoms with Crippen molar-refractivity contribution in [1.29, 1.82) is 0 Å². The number of benzene rings is 1. The number of nitrogens with zero attached hydrogens (tertiary/aromatic N) is 2. The molecular formula is C14H20BrN3S. The SMILES string of the molecule is CN1CCCC(N(C)c2ccc(Br)cc2C(N)=S)C1. The minimum absolute atomic E-state index is 0.451. The van der Waals surface area contributed by atoms with Crippen molar-refractivity contribution in [3.8, 4) is 0 Å². The molecular weight excluding hydrogens is 322 g/mol. The van der Waals surface area contributed by atoms with E-state index in [-0.39, 0.29) is 0 Å². The Labute approximate surface area is 128 Å². The lowest BCUT2D eigenvalue weighted by atomic mass is 10.0. The van der Waals surface area contributed by atoms with Crippen LogP contribution in [0.5, 0.6) is 0 Å². The summed E-state index contributed by atoms with van der Waals surface area (Å²) in [5, 5.41) is 0. The van der Waals surface area contributed by atoms with Crippen molar-refractivity contribution in [2.45, 2.75) is 18.9 Å². The summed E-state index contributed by atoms with van der Waals surface area (Å²) in [6.07, 6.45) is 2.46. The number of likely N-dealkylation sites (tertiary alicyclic amines) is 1. The van der Waals surface area contributed by atoms with E-state index in [1.165, 1.54) is 19.4 Å². The Hall–Kier alpha value is -0.650. The Morgan fingerprint density at radius 1 is 1.53 bits per heavy atom. The van der Waals surface area contributed by atoms with Crippen molar-refractivity contribution in [3.63, 3.8) is 0 Å². The Kier molecular flexibility index (Phi) is 4.81. The molecule has 1 fully saturated rings. The highest BCUT2D eigenvalue weighted by atomic mass is 79.9. The lowest BCUT2D eigenvalue weighted by Gasteiger charge is -2.37. The minimum Gasteiger partial charge on any atom is -0.389 e. The van der Waals surface area contributed by atoms with Gasteiger partial charge in [0.15, 0.2) is 0 Å². The number of rotatable bonds is 3. The highest BCUT2D eigenvalue weighted by molar-refractivity contribution is 9.10. The average Bonchev–Trinajstić information content (AvgIpc) is 2.37. The van der Waals surface area contributed by atoms with E-state index < -0.39 is 0 Å². The van der Waals surface area contributed by atoms with Gasteiger partial charge in [0.1, 0.15) is 4.99 Å². The molecule has 5 heteroatoms. The number of piperidine rings is 1. The highest BCUT2D eigenvalue weighted by Gasteiger charge is 2.23. The highest BCUT2D eigenvalue weighted by Crippen LogP contribution is 2.27. The topological polar surface area (TPSA) is 32.5 Å². The van der Waals surface area contributed by atoms with Gasteiger partial charge in [0.25, 0.3) is 0 Å². The predicted octanol–water partition coefficient (Wildman–Crippen LogP) is 2.61. The molecule has 0 bridgehead atoms. The molecule has 0 aliphatic carbocycles. The van der Waals surface area contributed by atoms with Gasteiger partial charge in [0, 0.05) is 35.4 Å². The van der Waals surface area contributed by atoms with Crippen molar-refractivity contribution >= 4 is 38.8 Å². The van der Waals surface area contributed by atoms with Gasteiger partial charge in [-0.05, 0) is 44.6 Å². The third-order valence-corrected chi connectivity index (χ3v) is 4.46. The van der Waals surface area contributed by atoms with Gasteiger partial charge in [-0.1, -0.05) is 28.1 Å². The summed E-state index contributed by atoms with van der Waals surface area (Å²) in [6, 6.07) is 6.65. The van der Waals surface area contributed by atoms with Crippen LogP contribution in [-0.2, 0) is 0 Å². The summed E-state index contributed by atoms with van der Waals surface area (Å²) in [5.41, 5.74) is 7.92. The second-order valence-corrected chi connectivity index (χ2v) is 6.55. The molecule has 0 amide bonds. The molecule has 1 aliphatic rings. The zero-order valence-corrected chi connectivity index (χ0v) is 13.8. The zero-order valence-electron chi connectivity index (χ0n) is 11.4. The van der Waals surface area contributed by atoms with E-state index in [1.807, 2.05) is 12.1 Å². The second-order valence-electron chi connectivity index (χ2n) is 5.19. The van der Waals surface area contributed by atoms with Gasteiger partial charge in [-0.25, -0.2) is 0 Å². The lowest BCUT2D eigenvalue weighted by Crippen LogP contribution is -2.45. The molecule has 0 radical (unpaired) electrons. The molecule has 1 unspecified atom stereocenters. The van der Waals surface area contributed by atoms with Crippen LogP contribution >= 0.6 is 28.1 Å². The molecule has 104 valence electrons. The standard InChI is InChI=1S/C14H20BrN3S/c1-17-7-3-4-11(9-17)18(2)13-6-5-10(15)8-12(13)14(16)19/h5-6,8,11H,3-4,7,9H2,1-2H3,(H2,16,19). The number of hydrogen-bond donors (Lipinski definition) is 1. The van der Waals surface area contributed by atoms with E-state index in [2.05, 4.69) is 45.9 Å². The fraction of sp³-hybridized carbons (Fsp3) is 0.500. The van der Waals surface area contributed by atoms with Gasteiger partial charge in [0.05, 0.1) is 0 Å². The fourth-order valence-electron chi connectivity index (χ4n) is 2.67. The summed E-state index contributed by atoms with van der Waals surface area (Å²) in [5.74, 6) is 0. The van der Waals surface area contributed by atoms with Gasteiger partial charge >= 0.3 is 0 Å². The van der Waals surface area contributed by atoms with Gasteiger partial charge < -0.3 is 15.5 Å². The molecule has 0 aromatic heterocycles. The largest absolute Gasteiger partial charge is 0.389 e. The molecule has 19 heavy (non-hydrogen) atoms. The zero-order chi connectivity index (χ0) is 14.0. The first-order chi connectivity index (χ1) is 8.99. The summed E-state index contributed by atoms with van der Waals surface area (Å²) in [7, 11) is 4.31. The minimum atomic E-state index is 0.451. The van der Waals surface area contributed by atoms with E-state index in [0.29, 0.717) is 11.0 Å². The average molecular weight is 342 g/mol. The van der Waals surface area contributed by atoms with Crippen LogP contribution < -0.4 is 10.6 Å². The van der Waals surface area contributed by atoms with Crippen LogP contribution in [0.1, 0.15) is 18.4 Å². The lowest BCUT2D eigenvalue weighted by molar-refractivity contribution is 0.248. The molecule has 1 atom stereocenters. The fourth-order valence-corrected chi connectivity index (χ4v) is 3.19. The van der Waals surface area contributed by atoms with Gasteiger partial charge in [-0.15, -0.1) is 0 Å². The Balaban J connectivity index is 2.27. The second kappa shape index (κ2) is 6.20. The molecule has 2 N–H and O–H groups in total. The number of nitrogens with two attached hydrogens (primary N) is 1. The first-order valence-electron chi connectivity index (χ1n) is 6.50. The van der Waals surface area contributed by atoms with Crippen molar-refractivity contribution in [2.75, 3.05) is 32.1 Å². The van der Waals surface area contributed by atoms with E-state index >= 15 is 0 Å². The van der Waals surface area contributed by atoms with Crippen LogP contribution in [0.2, 0.25) is 0 Å². The first kappa shape index (κ1) is 14.8. The molecule has 1 saturated heterocycles. The third kappa shape index (κ3) is 3.46. The van der Waals surface area contributed by atoms with E-state index in [0.717, 1.165) is 22.3 Å². The van der Waals surface area contributed by atoms with E-state index in [1.54, 1.807) is 0 Å². The number of hydrogen-bond acceptors (Lipinski definition) is 3. The van der Waals surface area contributed by atoms with Crippen LogP contribution in [0.15, 0.2) is 22.7 Å². The van der Waals surface area contributed by atoms with Crippen LogP contribution in [0, 0.1) is 0 Å². The van der Waals surface area contributed by atoms with Gasteiger partial charge in [-0.2, -0.15) is 0 Å². The van der Waals surface area contributed by atoms with Crippen LogP contribution in [-0.4, -0.2) is 43.1 Å². The molecule has 2 rings (SSSR count). The van der Waals surface area contributed by atoms with Gasteiger partial charge in [0.2, 0.25) is 0 Å². The quantitative estimate of drug-likeness (QED) is 0.856. The van der Waals surface area contributed by atoms with Gasteiger partial charge in [-0.3, -0.25) is 0 Å². The molecule has 1 aliphatic heterocycles. The number of likely N-dealkylation sites (N-methyl/N-ethyl adjacent to an activating group) is 2. The molecule has 0 spiro atoms. The Morgan fingerprint density at radius 2 is 2.26 bits per heavy atom. The van der Waals surface area contributed by atoms with Crippen LogP contribution in [0.25, 0.3) is 0 Å². The predicted molar refractivity (Wildman–Crippen MR) is 89.0 cm³/mol. The molecule has 1 aromatic rings. The van der Waals surface area contributed by atoms with E-state index in [4.69, 9.17) is 18.0 Å². The van der Waals surface area contributed by atoms with Crippen molar-refractivity contribution in [2.24, 2.45) is 5.73 Å². The number of halogens is 1. The molecule has 3 nitrogen and oxygen atoms in total. The summed E-state index contributed by atoms with van der Waals surface area (Å²) in [6.45, 7) is 2.27. The summed E-state index contributed by atoms with van der Waals surface area (Å²) < 4.78 is 1.01. The van der Waals surface area contributed by atoms with Crippen molar-refractivity contribution in [1.82, 2.24) is 4.90 Å². The summed E-state index contributed by atoms with van der Waals surface area (Å²) >= 11 is 8.65. The molecule has 1 heterocycles. The Bertz CT molecular complexity index is 478. The van der Waals surface area contributed by atoms with E-state index in [9.17, 15) is 0 Å². The van der Waals surface area contributed by atoms with Crippen LogP contribution in [0.3, 0.4) is 0 Å². The number of thiocarbonyl (C=S) groups is 1. The first-order valence-corrected chi connectivity index (χ1v) is 7.70. The van der Waals surface area contributed by atoms with Crippen LogP contribution in [0.4, 0.5) is 5.69 Å². The number of anilines is 1. The molecule has 0 saturated carbocycles. The smallest absolute Gasteiger partial charge is 0.106 e. The summed E-state index contributed by atoms with van der Waals surface area (Å²) in [4.78, 5) is 5.15. The maximum absolute atomic E-state index is 5.85. The maximum Gasteiger partial charge on any atom is 0.106 e. The van der Waals surface area contributed by atoms with Crippen molar-refractivity contribution in [3.05, 3.63) is 28.2 Å². The maximum atomic E-state index is 5.85. The molecule has 1 aromatic carbocycles. The van der Waals surface area contributed by atoms with Crippen molar-refractivity contribution < 1.29 is 0 Å².